The summed E-state index contributed by atoms with van der Waals surface area (Å²) in [6.45, 7) is 0.374. The van der Waals surface area contributed by atoms with Gasteiger partial charge in [0, 0.05) is 29.4 Å². The predicted molar refractivity (Wildman–Crippen MR) is 124 cm³/mol. The summed E-state index contributed by atoms with van der Waals surface area (Å²) in [5.41, 5.74) is 14.0. The summed E-state index contributed by atoms with van der Waals surface area (Å²) in [6.07, 6.45) is 0. The van der Waals surface area contributed by atoms with Gasteiger partial charge in [0.1, 0.15) is 23.4 Å². The van der Waals surface area contributed by atoms with Crippen LogP contribution in [-0.4, -0.2) is 24.0 Å². The fourth-order valence-electron chi connectivity index (χ4n) is 3.30. The van der Waals surface area contributed by atoms with Gasteiger partial charge in [-0.3, -0.25) is 10.2 Å². The van der Waals surface area contributed by atoms with E-state index in [4.69, 9.17) is 21.6 Å². The van der Waals surface area contributed by atoms with Gasteiger partial charge in [-0.25, -0.2) is 0 Å². The van der Waals surface area contributed by atoms with Crippen molar-refractivity contribution in [2.24, 2.45) is 11.5 Å². The number of hydrogen-bond acceptors (Lipinski definition) is 5. The van der Waals surface area contributed by atoms with E-state index in [0.717, 1.165) is 5.56 Å². The van der Waals surface area contributed by atoms with Crippen molar-refractivity contribution in [3.05, 3.63) is 89.5 Å². The van der Waals surface area contributed by atoms with E-state index >= 15 is 0 Å². The Morgan fingerprint density at radius 3 is 2.23 bits per heavy atom. The number of carbonyl (C=O) groups is 1. The number of anilines is 1. The molecule has 0 aliphatic carbocycles. The Hall–Kier alpha value is -3.71. The van der Waals surface area contributed by atoms with Crippen molar-refractivity contribution in [1.82, 2.24) is 0 Å². The smallest absolute Gasteiger partial charge is 0.244 e. The summed E-state index contributed by atoms with van der Waals surface area (Å²) in [5.74, 6) is -0.270. The largest absolute Gasteiger partial charge is 0.507 e. The van der Waals surface area contributed by atoms with E-state index < -0.39 is 11.9 Å². The zero-order valence-electron chi connectivity index (χ0n) is 17.0. The first-order valence-corrected chi connectivity index (χ1v) is 9.32. The number of methoxy groups -OCH3 is 1. The molecule has 8 heteroatoms. The maximum Gasteiger partial charge on any atom is 0.244 e. The molecule has 0 aliphatic heterocycles. The number of ether oxygens (including phenoxy) is 1. The summed E-state index contributed by atoms with van der Waals surface area (Å²) >= 11 is 0. The van der Waals surface area contributed by atoms with Gasteiger partial charge in [0.2, 0.25) is 5.91 Å². The summed E-state index contributed by atoms with van der Waals surface area (Å²) < 4.78 is 5.14. The number of phenols is 1. The van der Waals surface area contributed by atoms with Crippen molar-refractivity contribution in [3.63, 3.8) is 0 Å². The standard InChI is InChI=1S/C23H24N4O3.ClH/c1-30-18-11-12-19(20(28)13-18)21(23(26)29)27(14-15-5-3-2-4-6-15)17-9-7-16(8-10-17)22(24)25;/h2-13,21,28H,14H2,1H3,(H3,24,25)(H2,26,29);1H. The summed E-state index contributed by atoms with van der Waals surface area (Å²) in [6, 6.07) is 20.4. The van der Waals surface area contributed by atoms with Crippen LogP contribution in [0.5, 0.6) is 11.5 Å². The molecular weight excluding hydrogens is 416 g/mol. The van der Waals surface area contributed by atoms with Crippen LogP contribution in [0, 0.1) is 5.41 Å². The van der Waals surface area contributed by atoms with Crippen LogP contribution >= 0.6 is 12.4 Å². The van der Waals surface area contributed by atoms with Crippen molar-refractivity contribution < 1.29 is 14.6 Å². The number of nitrogen functional groups attached to an aromatic ring is 1. The zero-order chi connectivity index (χ0) is 21.7. The molecule has 3 aromatic carbocycles. The van der Waals surface area contributed by atoms with E-state index in [1.165, 1.54) is 13.2 Å². The molecule has 0 fully saturated rings. The molecule has 3 rings (SSSR count). The fraction of sp³-hybridized carbons (Fsp3) is 0.130. The third-order valence-electron chi connectivity index (χ3n) is 4.82. The first kappa shape index (κ1) is 23.6. The first-order valence-electron chi connectivity index (χ1n) is 9.32. The van der Waals surface area contributed by atoms with E-state index in [1.807, 2.05) is 35.2 Å². The quantitative estimate of drug-likeness (QED) is 0.315. The molecule has 31 heavy (non-hydrogen) atoms. The van der Waals surface area contributed by atoms with Gasteiger partial charge in [0.05, 0.1) is 7.11 Å². The molecule has 0 bridgehead atoms. The number of amides is 1. The monoisotopic (exact) mass is 440 g/mol. The van der Waals surface area contributed by atoms with Gasteiger partial charge in [-0.15, -0.1) is 12.4 Å². The highest BCUT2D eigenvalue weighted by Crippen LogP contribution is 2.35. The third-order valence-corrected chi connectivity index (χ3v) is 4.82. The van der Waals surface area contributed by atoms with Crippen LogP contribution in [0.1, 0.15) is 22.7 Å². The average molecular weight is 441 g/mol. The Balaban J connectivity index is 0.00000341. The maximum absolute atomic E-state index is 12.6. The van der Waals surface area contributed by atoms with E-state index in [9.17, 15) is 9.90 Å². The van der Waals surface area contributed by atoms with E-state index in [1.54, 1.807) is 36.4 Å². The normalized spacial score (nSPS) is 11.1. The average Bonchev–Trinajstić information content (AvgIpc) is 2.75. The summed E-state index contributed by atoms with van der Waals surface area (Å²) in [4.78, 5) is 14.4. The lowest BCUT2D eigenvalue weighted by Crippen LogP contribution is -2.37. The molecule has 0 spiro atoms. The molecule has 3 aromatic rings. The molecule has 0 saturated heterocycles. The van der Waals surface area contributed by atoms with Crippen molar-refractivity contribution in [3.8, 4) is 11.5 Å². The summed E-state index contributed by atoms with van der Waals surface area (Å²) in [7, 11) is 1.50. The number of carbonyl (C=O) groups excluding carboxylic acids is 1. The van der Waals surface area contributed by atoms with Crippen LogP contribution in [0.25, 0.3) is 0 Å². The summed E-state index contributed by atoms with van der Waals surface area (Å²) in [5, 5.41) is 18.2. The number of nitrogens with one attached hydrogen (secondary N) is 1. The van der Waals surface area contributed by atoms with Crippen LogP contribution < -0.4 is 21.1 Å². The number of benzene rings is 3. The van der Waals surface area contributed by atoms with Gasteiger partial charge >= 0.3 is 0 Å². The second-order valence-corrected chi connectivity index (χ2v) is 6.80. The van der Waals surface area contributed by atoms with E-state index in [0.29, 0.717) is 29.1 Å². The minimum Gasteiger partial charge on any atom is -0.507 e. The van der Waals surface area contributed by atoms with Gasteiger partial charge in [0.15, 0.2) is 0 Å². The minimum atomic E-state index is -0.931. The van der Waals surface area contributed by atoms with E-state index in [2.05, 4.69) is 0 Å². The molecule has 6 N–H and O–H groups in total. The van der Waals surface area contributed by atoms with Gasteiger partial charge < -0.3 is 26.2 Å². The number of rotatable bonds is 8. The topological polar surface area (TPSA) is 126 Å². The highest BCUT2D eigenvalue weighted by Gasteiger charge is 2.29. The highest BCUT2D eigenvalue weighted by molar-refractivity contribution is 5.95. The van der Waals surface area contributed by atoms with Crippen LogP contribution in [0.15, 0.2) is 72.8 Å². The number of nitrogens with zero attached hydrogens (tertiary/aromatic N) is 1. The number of nitrogens with two attached hydrogens (primary N) is 2. The predicted octanol–water partition coefficient (Wildman–Crippen LogP) is 3.34. The van der Waals surface area contributed by atoms with E-state index in [-0.39, 0.29) is 24.0 Å². The lowest BCUT2D eigenvalue weighted by atomic mass is 10.0. The second-order valence-electron chi connectivity index (χ2n) is 6.80. The van der Waals surface area contributed by atoms with Crippen LogP contribution in [0.4, 0.5) is 5.69 Å². The number of halogens is 1. The molecule has 162 valence electrons. The SMILES string of the molecule is COc1ccc(C(C(N)=O)N(Cc2ccccc2)c2ccc(C(=N)N)cc2)c(O)c1.Cl. The minimum absolute atomic E-state index is 0. The molecular formula is C23H25ClN4O3. The van der Waals surface area contributed by atoms with Gasteiger partial charge in [-0.05, 0) is 42.0 Å². The van der Waals surface area contributed by atoms with Crippen molar-refractivity contribution in [2.75, 3.05) is 12.0 Å². The third kappa shape index (κ3) is 5.46. The lowest BCUT2D eigenvalue weighted by molar-refractivity contribution is -0.119. The van der Waals surface area contributed by atoms with Gasteiger partial charge in [-0.1, -0.05) is 30.3 Å². The molecule has 1 unspecified atom stereocenters. The van der Waals surface area contributed by atoms with Crippen molar-refractivity contribution >= 4 is 29.8 Å². The number of hydrogen-bond donors (Lipinski definition) is 4. The van der Waals surface area contributed by atoms with Crippen LogP contribution in [0.3, 0.4) is 0 Å². The Labute approximate surface area is 187 Å². The Morgan fingerprint density at radius 1 is 1.06 bits per heavy atom. The molecule has 0 aromatic heterocycles. The van der Waals surface area contributed by atoms with Gasteiger partial charge in [0.25, 0.3) is 0 Å². The number of phenolic OH excluding ortho intramolecular Hbond substituents is 1. The maximum atomic E-state index is 12.6. The molecule has 0 saturated carbocycles. The second kappa shape index (κ2) is 10.4. The van der Waals surface area contributed by atoms with Crippen molar-refractivity contribution in [2.45, 2.75) is 12.6 Å². The van der Waals surface area contributed by atoms with Crippen LogP contribution in [0.2, 0.25) is 0 Å². The molecule has 1 amide bonds. The Kier molecular flexibility index (Phi) is 7.88. The fourth-order valence-corrected chi connectivity index (χ4v) is 3.30. The number of primary amides is 1. The molecule has 1 atom stereocenters. The Morgan fingerprint density at radius 2 is 1.71 bits per heavy atom. The molecule has 0 aliphatic rings. The lowest BCUT2D eigenvalue weighted by Gasteiger charge is -2.32. The number of amidine groups is 1. The zero-order valence-corrected chi connectivity index (χ0v) is 17.8. The Bertz CT molecular complexity index is 1040. The first-order chi connectivity index (χ1) is 14.4. The van der Waals surface area contributed by atoms with Gasteiger partial charge in [-0.2, -0.15) is 0 Å². The highest BCUT2D eigenvalue weighted by atomic mass is 35.5. The van der Waals surface area contributed by atoms with Crippen LogP contribution in [-0.2, 0) is 11.3 Å². The number of aromatic hydroxyl groups is 1. The molecule has 7 nitrogen and oxygen atoms in total. The van der Waals surface area contributed by atoms with Crippen molar-refractivity contribution in [1.29, 1.82) is 5.41 Å². The molecule has 0 radical (unpaired) electrons. The molecule has 0 heterocycles.